The Balaban J connectivity index is 1.73. The number of hydrogen-bond acceptors (Lipinski definition) is 4. The molecule has 2 rings (SSSR count). The summed E-state index contributed by atoms with van der Waals surface area (Å²) < 4.78 is 11.1. The van der Waals surface area contributed by atoms with E-state index in [9.17, 15) is 0 Å². The van der Waals surface area contributed by atoms with Crippen molar-refractivity contribution in [2.45, 2.75) is 44.6 Å². The molecular weight excluding hydrogens is 322 g/mol. The highest BCUT2D eigenvalue weighted by atomic mass is 32.2. The summed E-state index contributed by atoms with van der Waals surface area (Å²) in [5.41, 5.74) is 0. The lowest BCUT2D eigenvalue weighted by Crippen LogP contribution is -2.39. The van der Waals surface area contributed by atoms with Crippen LogP contribution in [0.3, 0.4) is 0 Å². The maximum absolute atomic E-state index is 5.77. The fraction of sp³-hybridized carbons (Fsp3) is 0.722. The van der Waals surface area contributed by atoms with E-state index in [0.29, 0.717) is 0 Å². The van der Waals surface area contributed by atoms with E-state index in [0.717, 1.165) is 50.8 Å². The number of thioether (sulfide) groups is 1. The lowest BCUT2D eigenvalue weighted by molar-refractivity contribution is 0.0224. The Hall–Kier alpha value is -1.14. The molecule has 1 aromatic heterocycles. The number of nitrogens with zero attached hydrogens (tertiary/aromatic N) is 1. The van der Waals surface area contributed by atoms with E-state index in [2.05, 4.69) is 16.9 Å². The van der Waals surface area contributed by atoms with Gasteiger partial charge in [0.15, 0.2) is 5.96 Å². The number of guanidine groups is 1. The largest absolute Gasteiger partial charge is 0.469 e. The van der Waals surface area contributed by atoms with Crippen LogP contribution in [0.2, 0.25) is 0 Å². The molecule has 1 saturated heterocycles. The minimum atomic E-state index is 0.277. The number of aliphatic imine (C=N–C) groups is 1. The van der Waals surface area contributed by atoms with Crippen LogP contribution in [0, 0.1) is 0 Å². The van der Waals surface area contributed by atoms with Gasteiger partial charge in [-0.1, -0.05) is 0 Å². The maximum Gasteiger partial charge on any atom is 0.191 e. The van der Waals surface area contributed by atoms with Gasteiger partial charge in [0.2, 0.25) is 0 Å². The lowest BCUT2D eigenvalue weighted by Gasteiger charge is -2.21. The van der Waals surface area contributed by atoms with Crippen molar-refractivity contribution in [1.29, 1.82) is 0 Å². The fourth-order valence-corrected chi connectivity index (χ4v) is 3.15. The van der Waals surface area contributed by atoms with Crippen LogP contribution >= 0.6 is 11.8 Å². The van der Waals surface area contributed by atoms with Crippen molar-refractivity contribution in [2.75, 3.05) is 38.2 Å². The standard InChI is InChI=1S/C18H31N3O2S/c1-24-14-5-3-10-19-18(20-11-9-16-8-6-13-22-16)21-15-17-7-2-4-12-23-17/h6,8,13,17H,2-5,7,9-12,14-15H2,1H3,(H2,19,20,21). The zero-order valence-electron chi connectivity index (χ0n) is 14.8. The van der Waals surface area contributed by atoms with Gasteiger partial charge in [0.1, 0.15) is 5.76 Å². The average molecular weight is 354 g/mol. The molecule has 1 atom stereocenters. The van der Waals surface area contributed by atoms with Crippen molar-refractivity contribution >= 4 is 17.7 Å². The quantitative estimate of drug-likeness (QED) is 0.385. The lowest BCUT2D eigenvalue weighted by atomic mass is 10.1. The third kappa shape index (κ3) is 8.11. The molecule has 136 valence electrons. The van der Waals surface area contributed by atoms with Gasteiger partial charge in [-0.05, 0) is 56.2 Å². The predicted octanol–water partition coefficient (Wildman–Crippen LogP) is 3.07. The molecule has 5 nitrogen and oxygen atoms in total. The van der Waals surface area contributed by atoms with Gasteiger partial charge in [-0.25, -0.2) is 0 Å². The second-order valence-corrected chi connectivity index (χ2v) is 7.05. The number of furan rings is 1. The maximum atomic E-state index is 5.77. The van der Waals surface area contributed by atoms with Gasteiger partial charge < -0.3 is 19.8 Å². The monoisotopic (exact) mass is 353 g/mol. The molecule has 0 spiro atoms. The molecule has 1 fully saturated rings. The first kappa shape index (κ1) is 19.2. The third-order valence-electron chi connectivity index (χ3n) is 4.04. The molecule has 0 amide bonds. The first-order chi connectivity index (χ1) is 11.9. The molecule has 0 aliphatic carbocycles. The Kier molecular flexibility index (Phi) is 9.80. The molecule has 0 radical (unpaired) electrons. The van der Waals surface area contributed by atoms with Crippen LogP contribution < -0.4 is 10.6 Å². The van der Waals surface area contributed by atoms with E-state index in [1.165, 1.54) is 31.4 Å². The van der Waals surface area contributed by atoms with Gasteiger partial charge in [0.25, 0.3) is 0 Å². The van der Waals surface area contributed by atoms with Crippen molar-refractivity contribution < 1.29 is 9.15 Å². The summed E-state index contributed by atoms with van der Waals surface area (Å²) in [6.45, 7) is 3.39. The van der Waals surface area contributed by atoms with Crippen molar-refractivity contribution in [3.05, 3.63) is 24.2 Å². The van der Waals surface area contributed by atoms with Crippen molar-refractivity contribution in [3.63, 3.8) is 0 Å². The van der Waals surface area contributed by atoms with E-state index in [-0.39, 0.29) is 6.10 Å². The summed E-state index contributed by atoms with van der Waals surface area (Å²) in [5.74, 6) is 3.10. The van der Waals surface area contributed by atoms with Gasteiger partial charge in [-0.2, -0.15) is 11.8 Å². The number of unbranched alkanes of at least 4 members (excludes halogenated alkanes) is 1. The second-order valence-electron chi connectivity index (χ2n) is 6.06. The van der Waals surface area contributed by atoms with Crippen LogP contribution in [0.25, 0.3) is 0 Å². The molecule has 1 aliphatic rings. The van der Waals surface area contributed by atoms with Gasteiger partial charge >= 0.3 is 0 Å². The summed E-state index contributed by atoms with van der Waals surface area (Å²) in [4.78, 5) is 4.72. The number of hydrogen-bond donors (Lipinski definition) is 2. The normalized spacial score (nSPS) is 18.5. The Morgan fingerprint density at radius 3 is 2.96 bits per heavy atom. The molecular formula is C18H31N3O2S. The summed E-state index contributed by atoms with van der Waals surface area (Å²) in [6.07, 6.45) is 11.0. The summed E-state index contributed by atoms with van der Waals surface area (Å²) in [7, 11) is 0. The molecule has 1 unspecified atom stereocenters. The molecule has 0 saturated carbocycles. The topological polar surface area (TPSA) is 58.8 Å². The van der Waals surface area contributed by atoms with Crippen molar-refractivity contribution in [2.24, 2.45) is 4.99 Å². The third-order valence-corrected chi connectivity index (χ3v) is 4.74. The highest BCUT2D eigenvalue weighted by Gasteiger charge is 2.13. The van der Waals surface area contributed by atoms with Crippen molar-refractivity contribution in [1.82, 2.24) is 10.6 Å². The van der Waals surface area contributed by atoms with Crippen LogP contribution in [-0.2, 0) is 11.2 Å². The first-order valence-electron chi connectivity index (χ1n) is 9.03. The molecule has 24 heavy (non-hydrogen) atoms. The van der Waals surface area contributed by atoms with Gasteiger partial charge in [0.05, 0.1) is 18.9 Å². The van der Waals surface area contributed by atoms with E-state index in [1.807, 2.05) is 23.9 Å². The molecule has 0 aromatic carbocycles. The summed E-state index contributed by atoms with van der Waals surface area (Å²) in [6, 6.07) is 3.93. The summed E-state index contributed by atoms with van der Waals surface area (Å²) >= 11 is 1.90. The van der Waals surface area contributed by atoms with E-state index >= 15 is 0 Å². The molecule has 0 bridgehead atoms. The van der Waals surface area contributed by atoms with Gasteiger partial charge in [0, 0.05) is 26.1 Å². The molecule has 2 N–H and O–H groups in total. The molecule has 1 aliphatic heterocycles. The summed E-state index contributed by atoms with van der Waals surface area (Å²) in [5, 5.41) is 6.85. The van der Waals surface area contributed by atoms with Crippen LogP contribution in [0.1, 0.15) is 37.9 Å². The number of nitrogens with one attached hydrogen (secondary N) is 2. The highest BCUT2D eigenvalue weighted by Crippen LogP contribution is 2.12. The molecule has 2 heterocycles. The minimum absolute atomic E-state index is 0.277. The van der Waals surface area contributed by atoms with E-state index < -0.39 is 0 Å². The smallest absolute Gasteiger partial charge is 0.191 e. The zero-order valence-corrected chi connectivity index (χ0v) is 15.6. The van der Waals surface area contributed by atoms with Crippen LogP contribution in [0.15, 0.2) is 27.8 Å². The van der Waals surface area contributed by atoms with E-state index in [4.69, 9.17) is 14.1 Å². The Bertz CT molecular complexity index is 445. The second kappa shape index (κ2) is 12.3. The van der Waals surface area contributed by atoms with E-state index in [1.54, 1.807) is 6.26 Å². The number of ether oxygens (including phenoxy) is 1. The van der Waals surface area contributed by atoms with Crippen LogP contribution in [0.4, 0.5) is 0 Å². The minimum Gasteiger partial charge on any atom is -0.469 e. The fourth-order valence-electron chi connectivity index (χ4n) is 2.66. The van der Waals surface area contributed by atoms with Gasteiger partial charge in [-0.3, -0.25) is 4.99 Å². The Morgan fingerprint density at radius 1 is 1.29 bits per heavy atom. The SMILES string of the molecule is CSCCCCNC(=NCC1CCCCO1)NCCc1ccco1. The molecule has 1 aromatic rings. The Labute approximate surface area is 150 Å². The number of rotatable bonds is 10. The average Bonchev–Trinajstić information content (AvgIpc) is 3.13. The molecule has 6 heteroatoms. The first-order valence-corrected chi connectivity index (χ1v) is 10.4. The predicted molar refractivity (Wildman–Crippen MR) is 102 cm³/mol. The zero-order chi connectivity index (χ0) is 16.9. The Morgan fingerprint density at radius 2 is 2.21 bits per heavy atom. The highest BCUT2D eigenvalue weighted by molar-refractivity contribution is 7.98. The van der Waals surface area contributed by atoms with Crippen LogP contribution in [-0.4, -0.2) is 50.3 Å². The van der Waals surface area contributed by atoms with Crippen LogP contribution in [0.5, 0.6) is 0 Å². The van der Waals surface area contributed by atoms with Crippen molar-refractivity contribution in [3.8, 4) is 0 Å². The van der Waals surface area contributed by atoms with Gasteiger partial charge in [-0.15, -0.1) is 0 Å².